The van der Waals surface area contributed by atoms with Gasteiger partial charge in [-0.1, -0.05) is 75.4 Å². The van der Waals surface area contributed by atoms with Crippen molar-refractivity contribution in [3.8, 4) is 11.5 Å². The highest BCUT2D eigenvalue weighted by Gasteiger charge is 2.52. The van der Waals surface area contributed by atoms with Gasteiger partial charge in [0.15, 0.2) is 0 Å². The number of phenolic OH excluding ortho intramolecular Hbond substituents is 2. The average molecular weight is 450 g/mol. The Bertz CT molecular complexity index is 1300. The van der Waals surface area contributed by atoms with Crippen molar-refractivity contribution in [2.45, 2.75) is 31.7 Å². The first-order valence-electron chi connectivity index (χ1n) is 11.4. The Morgan fingerprint density at radius 2 is 1.18 bits per heavy atom. The molecule has 5 rings (SSSR count). The van der Waals surface area contributed by atoms with Crippen molar-refractivity contribution in [2.75, 3.05) is 4.90 Å². The monoisotopic (exact) mass is 449 g/mol. The fourth-order valence-corrected chi connectivity index (χ4v) is 4.94. The molecule has 34 heavy (non-hydrogen) atoms. The lowest BCUT2D eigenvalue weighted by Gasteiger charge is -2.40. The van der Waals surface area contributed by atoms with E-state index in [0.29, 0.717) is 5.56 Å². The number of anilines is 1. The molecule has 0 unspecified atom stereocenters. The van der Waals surface area contributed by atoms with E-state index in [2.05, 4.69) is 32.9 Å². The normalized spacial score (nSPS) is 14.8. The van der Waals surface area contributed by atoms with Crippen LogP contribution in [0.25, 0.3) is 0 Å². The molecule has 1 heterocycles. The van der Waals surface area contributed by atoms with Crippen LogP contribution in [0.1, 0.15) is 53.4 Å². The summed E-state index contributed by atoms with van der Waals surface area (Å²) in [6.45, 7) is 6.49. The van der Waals surface area contributed by atoms with Crippen LogP contribution in [0, 0.1) is 0 Å². The molecular formula is C30H27NO3. The van der Waals surface area contributed by atoms with Crippen LogP contribution in [0.5, 0.6) is 11.5 Å². The smallest absolute Gasteiger partial charge is 0.260 e. The zero-order chi connectivity index (χ0) is 24.1. The number of hydrogen-bond acceptors (Lipinski definition) is 3. The van der Waals surface area contributed by atoms with E-state index in [4.69, 9.17) is 0 Å². The lowest BCUT2D eigenvalue weighted by Crippen LogP contribution is -2.46. The molecule has 0 radical (unpaired) electrons. The number of hydrogen-bond donors (Lipinski definition) is 2. The van der Waals surface area contributed by atoms with Gasteiger partial charge in [0, 0.05) is 11.3 Å². The van der Waals surface area contributed by atoms with E-state index in [9.17, 15) is 15.0 Å². The second-order valence-electron chi connectivity index (χ2n) is 9.79. The highest BCUT2D eigenvalue weighted by atomic mass is 16.3. The van der Waals surface area contributed by atoms with Crippen LogP contribution < -0.4 is 4.90 Å². The first-order chi connectivity index (χ1) is 16.2. The lowest BCUT2D eigenvalue weighted by atomic mass is 9.76. The molecule has 1 aliphatic heterocycles. The van der Waals surface area contributed by atoms with Crippen molar-refractivity contribution < 1.29 is 15.0 Å². The average Bonchev–Trinajstić information content (AvgIpc) is 3.09. The summed E-state index contributed by atoms with van der Waals surface area (Å²) in [5, 5.41) is 20.0. The first-order valence-corrected chi connectivity index (χ1v) is 11.4. The van der Waals surface area contributed by atoms with E-state index in [-0.39, 0.29) is 22.8 Å². The van der Waals surface area contributed by atoms with Gasteiger partial charge in [0.1, 0.15) is 17.0 Å². The predicted molar refractivity (Wildman–Crippen MR) is 134 cm³/mol. The van der Waals surface area contributed by atoms with E-state index in [1.165, 1.54) is 5.56 Å². The Kier molecular flexibility index (Phi) is 4.98. The van der Waals surface area contributed by atoms with Crippen molar-refractivity contribution in [1.82, 2.24) is 0 Å². The highest BCUT2D eigenvalue weighted by Crippen LogP contribution is 2.51. The van der Waals surface area contributed by atoms with Crippen LogP contribution >= 0.6 is 0 Å². The molecule has 170 valence electrons. The third-order valence-electron chi connectivity index (χ3n) is 6.65. The number of carbonyl (C=O) groups excluding carboxylic acids is 1. The zero-order valence-electron chi connectivity index (χ0n) is 19.5. The number of carbonyl (C=O) groups is 1. The summed E-state index contributed by atoms with van der Waals surface area (Å²) in [4.78, 5) is 15.8. The van der Waals surface area contributed by atoms with E-state index < -0.39 is 5.54 Å². The van der Waals surface area contributed by atoms with Crippen LogP contribution in [-0.2, 0) is 11.0 Å². The molecule has 0 aromatic heterocycles. The van der Waals surface area contributed by atoms with E-state index >= 15 is 0 Å². The van der Waals surface area contributed by atoms with Crippen LogP contribution in [0.2, 0.25) is 0 Å². The van der Waals surface area contributed by atoms with Gasteiger partial charge in [-0.25, -0.2) is 0 Å². The third-order valence-corrected chi connectivity index (χ3v) is 6.65. The van der Waals surface area contributed by atoms with Crippen molar-refractivity contribution >= 4 is 11.6 Å². The topological polar surface area (TPSA) is 60.8 Å². The van der Waals surface area contributed by atoms with Gasteiger partial charge in [0.05, 0.1) is 0 Å². The molecule has 4 aromatic carbocycles. The molecule has 4 heteroatoms. The lowest BCUT2D eigenvalue weighted by molar-refractivity contribution is 0.0986. The largest absolute Gasteiger partial charge is 0.508 e. The van der Waals surface area contributed by atoms with Crippen molar-refractivity contribution in [3.05, 3.63) is 125 Å². The van der Waals surface area contributed by atoms with E-state index in [1.54, 1.807) is 24.3 Å². The molecule has 0 atom stereocenters. The van der Waals surface area contributed by atoms with Gasteiger partial charge < -0.3 is 10.2 Å². The van der Waals surface area contributed by atoms with Gasteiger partial charge in [-0.3, -0.25) is 9.69 Å². The number of nitrogens with zero attached hydrogens (tertiary/aromatic N) is 1. The van der Waals surface area contributed by atoms with Crippen LogP contribution in [0.15, 0.2) is 97.1 Å². The quantitative estimate of drug-likeness (QED) is 0.383. The van der Waals surface area contributed by atoms with Crippen LogP contribution in [-0.4, -0.2) is 16.1 Å². The van der Waals surface area contributed by atoms with Crippen molar-refractivity contribution in [1.29, 1.82) is 0 Å². The predicted octanol–water partition coefficient (Wildman–Crippen LogP) is 6.35. The Morgan fingerprint density at radius 1 is 0.676 bits per heavy atom. The Morgan fingerprint density at radius 3 is 1.68 bits per heavy atom. The molecule has 4 nitrogen and oxygen atoms in total. The number of fused-ring (bicyclic) bond motifs is 1. The maximum Gasteiger partial charge on any atom is 0.260 e. The Hall–Kier alpha value is -4.05. The summed E-state index contributed by atoms with van der Waals surface area (Å²) in [6, 6.07) is 29.8. The minimum Gasteiger partial charge on any atom is -0.508 e. The summed E-state index contributed by atoms with van der Waals surface area (Å²) >= 11 is 0. The molecule has 0 saturated carbocycles. The summed E-state index contributed by atoms with van der Waals surface area (Å²) in [5.41, 5.74) is 4.14. The maximum atomic E-state index is 14.0. The molecule has 1 aliphatic rings. The molecule has 0 bridgehead atoms. The van der Waals surface area contributed by atoms with Gasteiger partial charge >= 0.3 is 0 Å². The molecule has 0 spiro atoms. The van der Waals surface area contributed by atoms with Gasteiger partial charge in [-0.15, -0.1) is 0 Å². The summed E-state index contributed by atoms with van der Waals surface area (Å²) < 4.78 is 0. The fourth-order valence-electron chi connectivity index (χ4n) is 4.94. The fraction of sp³-hybridized carbons (Fsp3) is 0.167. The van der Waals surface area contributed by atoms with Crippen molar-refractivity contribution in [2.24, 2.45) is 0 Å². The summed E-state index contributed by atoms with van der Waals surface area (Å²) in [6.07, 6.45) is 0. The van der Waals surface area contributed by atoms with Gasteiger partial charge in [0.25, 0.3) is 5.91 Å². The molecular weight excluding hydrogens is 422 g/mol. The third kappa shape index (κ3) is 3.26. The molecule has 0 saturated heterocycles. The summed E-state index contributed by atoms with van der Waals surface area (Å²) in [5.74, 6) is 0.215. The minimum atomic E-state index is -0.974. The number of aromatic hydroxyl groups is 2. The van der Waals surface area contributed by atoms with E-state index in [0.717, 1.165) is 22.4 Å². The van der Waals surface area contributed by atoms with Gasteiger partial charge in [-0.2, -0.15) is 0 Å². The van der Waals surface area contributed by atoms with Gasteiger partial charge in [-0.05, 0) is 70.1 Å². The molecule has 0 fully saturated rings. The zero-order valence-corrected chi connectivity index (χ0v) is 19.5. The Balaban J connectivity index is 1.84. The summed E-state index contributed by atoms with van der Waals surface area (Å²) in [7, 11) is 0. The second-order valence-corrected chi connectivity index (χ2v) is 9.79. The molecule has 1 amide bonds. The Labute approximate surface area is 199 Å². The highest BCUT2D eigenvalue weighted by molar-refractivity contribution is 6.13. The molecule has 4 aromatic rings. The standard InChI is InChI=1S/C30H27NO3/c1-29(2,3)20-8-14-23(15-9-20)31-28(34)26-6-4-5-7-27(26)30(31,21-10-16-24(32)17-11-21)22-12-18-25(33)19-13-22/h4-19,32-33H,1-3H3. The van der Waals surface area contributed by atoms with E-state index in [1.807, 2.05) is 65.6 Å². The minimum absolute atomic E-state index is 0.0124. The number of phenols is 2. The second kappa shape index (κ2) is 7.77. The van der Waals surface area contributed by atoms with Crippen LogP contribution in [0.3, 0.4) is 0 Å². The SMILES string of the molecule is CC(C)(C)c1ccc(N2C(=O)c3ccccc3C2(c2ccc(O)cc2)c2ccc(O)cc2)cc1. The number of benzene rings is 4. The maximum absolute atomic E-state index is 14.0. The molecule has 2 N–H and O–H groups in total. The molecule has 0 aliphatic carbocycles. The number of amides is 1. The first kappa shape index (κ1) is 21.8. The van der Waals surface area contributed by atoms with Crippen molar-refractivity contribution in [3.63, 3.8) is 0 Å². The van der Waals surface area contributed by atoms with Crippen LogP contribution in [0.4, 0.5) is 5.69 Å². The number of rotatable bonds is 3. The van der Waals surface area contributed by atoms with Gasteiger partial charge in [0.2, 0.25) is 0 Å².